The van der Waals surface area contributed by atoms with Gasteiger partial charge in [-0.05, 0) is 49.4 Å². The molecule has 0 saturated heterocycles. The minimum absolute atomic E-state index is 0.224. The van der Waals surface area contributed by atoms with Crippen molar-refractivity contribution in [1.29, 1.82) is 0 Å². The molecule has 3 aromatic heterocycles. The van der Waals surface area contributed by atoms with Gasteiger partial charge in [0.2, 0.25) is 5.88 Å². The predicted octanol–water partition coefficient (Wildman–Crippen LogP) is 5.98. The maximum Gasteiger partial charge on any atom is 0.265 e. The summed E-state index contributed by atoms with van der Waals surface area (Å²) in [5, 5.41) is 13.7. The lowest BCUT2D eigenvalue weighted by Gasteiger charge is -2.14. The number of aromatic nitrogens is 3. The first-order valence-electron chi connectivity index (χ1n) is 11.0. The molecule has 1 aliphatic rings. The highest BCUT2D eigenvalue weighted by Gasteiger charge is 2.21. The van der Waals surface area contributed by atoms with Crippen molar-refractivity contribution in [2.75, 3.05) is 0 Å². The van der Waals surface area contributed by atoms with E-state index in [1.165, 1.54) is 27.8 Å². The summed E-state index contributed by atoms with van der Waals surface area (Å²) in [6.07, 6.45) is 7.50. The number of halogens is 1. The van der Waals surface area contributed by atoms with Crippen LogP contribution in [0.1, 0.15) is 28.8 Å². The summed E-state index contributed by atoms with van der Waals surface area (Å²) in [5.74, 6) is 0.349. The third kappa shape index (κ3) is 3.31. The van der Waals surface area contributed by atoms with Crippen molar-refractivity contribution >= 4 is 56.0 Å². The second-order valence-corrected chi connectivity index (χ2v) is 9.71. The van der Waals surface area contributed by atoms with Crippen molar-refractivity contribution in [3.63, 3.8) is 0 Å². The number of aryl methyl sites for hydroxylation is 2. The number of nitrogens with zero attached hydrogens (tertiary/aromatic N) is 4. The molecule has 8 heteroatoms. The number of aliphatic imine (C=N–C) groups is 1. The van der Waals surface area contributed by atoms with Gasteiger partial charge >= 0.3 is 0 Å². The number of thiophene rings is 1. The largest absolute Gasteiger partial charge is 0.494 e. The highest BCUT2D eigenvalue weighted by molar-refractivity contribution is 7.19. The van der Waals surface area contributed by atoms with Crippen LogP contribution in [0, 0.1) is 0 Å². The molecule has 6 rings (SSSR count). The molecule has 3 heterocycles. The third-order valence-electron chi connectivity index (χ3n) is 6.24. The molecule has 34 heavy (non-hydrogen) atoms. The molecule has 0 saturated carbocycles. The Morgan fingerprint density at radius 1 is 1.03 bits per heavy atom. The van der Waals surface area contributed by atoms with E-state index >= 15 is 0 Å². The molecule has 0 radical (unpaired) electrons. The topological polar surface area (TPSA) is 80.4 Å². The van der Waals surface area contributed by atoms with Crippen LogP contribution in [0.5, 0.6) is 5.88 Å². The fourth-order valence-corrected chi connectivity index (χ4v) is 6.09. The number of para-hydroxylation sites is 1. The fraction of sp³-hybridized carbons (Fsp3) is 0.154. The van der Waals surface area contributed by atoms with Crippen molar-refractivity contribution in [2.45, 2.75) is 25.7 Å². The van der Waals surface area contributed by atoms with Gasteiger partial charge in [0.25, 0.3) is 5.56 Å². The Bertz CT molecular complexity index is 1670. The van der Waals surface area contributed by atoms with Crippen molar-refractivity contribution < 1.29 is 5.11 Å². The molecular formula is C26H19ClN4O2S. The third-order valence-corrected chi connectivity index (χ3v) is 7.76. The van der Waals surface area contributed by atoms with Crippen LogP contribution >= 0.6 is 22.9 Å². The Balaban J connectivity index is 1.59. The minimum Gasteiger partial charge on any atom is -0.494 e. The predicted molar refractivity (Wildman–Crippen MR) is 138 cm³/mol. The van der Waals surface area contributed by atoms with E-state index in [9.17, 15) is 9.90 Å². The van der Waals surface area contributed by atoms with Crippen LogP contribution in [0.25, 0.3) is 26.7 Å². The Kier molecular flexibility index (Phi) is 5.16. The maximum absolute atomic E-state index is 13.3. The lowest BCUT2D eigenvalue weighted by atomic mass is 9.97. The molecule has 0 spiro atoms. The summed E-state index contributed by atoms with van der Waals surface area (Å²) in [6.45, 7) is 0. The molecule has 2 aromatic carbocycles. The normalized spacial score (nSPS) is 13.7. The van der Waals surface area contributed by atoms with Crippen LogP contribution in [0.4, 0.5) is 5.82 Å². The number of aromatic hydroxyl groups is 1. The van der Waals surface area contributed by atoms with Gasteiger partial charge in [-0.1, -0.05) is 41.9 Å². The van der Waals surface area contributed by atoms with Crippen LogP contribution in [0.15, 0.2) is 64.6 Å². The summed E-state index contributed by atoms with van der Waals surface area (Å²) in [4.78, 5) is 29.2. The van der Waals surface area contributed by atoms with Gasteiger partial charge in [-0.15, -0.1) is 11.3 Å². The lowest BCUT2D eigenvalue weighted by Crippen LogP contribution is -2.20. The summed E-state index contributed by atoms with van der Waals surface area (Å²) < 4.78 is 1.23. The van der Waals surface area contributed by atoms with Gasteiger partial charge in [0, 0.05) is 21.9 Å². The molecule has 0 bridgehead atoms. The Hall–Kier alpha value is -3.55. The lowest BCUT2D eigenvalue weighted by molar-refractivity contribution is 0.436. The number of benzene rings is 2. The van der Waals surface area contributed by atoms with E-state index < -0.39 is 0 Å². The number of fused-ring (bicyclic) bond motifs is 4. The van der Waals surface area contributed by atoms with E-state index in [-0.39, 0.29) is 11.4 Å². The fourth-order valence-electron chi connectivity index (χ4n) is 4.64. The van der Waals surface area contributed by atoms with Gasteiger partial charge < -0.3 is 5.11 Å². The first kappa shape index (κ1) is 21.0. The van der Waals surface area contributed by atoms with Crippen LogP contribution < -0.4 is 5.56 Å². The molecular weight excluding hydrogens is 468 g/mol. The monoisotopic (exact) mass is 486 g/mol. The van der Waals surface area contributed by atoms with Crippen molar-refractivity contribution in [2.24, 2.45) is 4.99 Å². The van der Waals surface area contributed by atoms with E-state index in [0.29, 0.717) is 32.9 Å². The molecule has 0 atom stereocenters. The summed E-state index contributed by atoms with van der Waals surface area (Å²) in [5.41, 5.74) is 1.76. The molecule has 1 aliphatic carbocycles. The average Bonchev–Trinajstić information content (AvgIpc) is 3.24. The molecule has 0 aliphatic heterocycles. The Labute approximate surface area is 203 Å². The van der Waals surface area contributed by atoms with Gasteiger partial charge in [0.05, 0.1) is 21.7 Å². The molecule has 1 N–H and O–H groups in total. The van der Waals surface area contributed by atoms with Crippen molar-refractivity contribution in [3.8, 4) is 11.6 Å². The van der Waals surface area contributed by atoms with Crippen LogP contribution in [-0.4, -0.2) is 25.9 Å². The number of hydrogen-bond acceptors (Lipinski definition) is 6. The zero-order chi connectivity index (χ0) is 23.2. The van der Waals surface area contributed by atoms with Gasteiger partial charge in [-0.2, -0.15) is 0 Å². The van der Waals surface area contributed by atoms with Gasteiger partial charge in [-0.3, -0.25) is 4.79 Å². The molecule has 5 aromatic rings. The highest BCUT2D eigenvalue weighted by atomic mass is 35.5. The quantitative estimate of drug-likeness (QED) is 0.318. The summed E-state index contributed by atoms with van der Waals surface area (Å²) in [6, 6.07) is 14.1. The van der Waals surface area contributed by atoms with Crippen molar-refractivity contribution in [3.05, 3.63) is 86.2 Å². The average molecular weight is 487 g/mol. The molecule has 0 amide bonds. The minimum atomic E-state index is -0.352. The second kappa shape index (κ2) is 8.34. The van der Waals surface area contributed by atoms with Crippen molar-refractivity contribution in [1.82, 2.24) is 14.5 Å². The first-order valence-corrected chi connectivity index (χ1v) is 12.2. The molecule has 0 unspecified atom stereocenters. The highest BCUT2D eigenvalue weighted by Crippen LogP contribution is 2.39. The van der Waals surface area contributed by atoms with Crippen LogP contribution in [0.3, 0.4) is 0 Å². The molecule has 0 fully saturated rings. The van der Waals surface area contributed by atoms with Gasteiger partial charge in [0.1, 0.15) is 11.2 Å². The zero-order valence-electron chi connectivity index (χ0n) is 18.0. The summed E-state index contributed by atoms with van der Waals surface area (Å²) >= 11 is 8.09. The number of hydrogen-bond donors (Lipinski definition) is 1. The van der Waals surface area contributed by atoms with Crippen LogP contribution in [-0.2, 0) is 12.8 Å². The van der Waals surface area contributed by atoms with Crippen LogP contribution in [0.2, 0.25) is 5.02 Å². The van der Waals surface area contributed by atoms with E-state index in [4.69, 9.17) is 16.6 Å². The van der Waals surface area contributed by atoms with E-state index in [2.05, 4.69) is 9.97 Å². The Morgan fingerprint density at radius 3 is 2.65 bits per heavy atom. The zero-order valence-corrected chi connectivity index (χ0v) is 19.6. The molecule has 6 nitrogen and oxygen atoms in total. The SMILES string of the molecule is O=c1c2ccccc2c(C=Nc2ncnc3sc4c(c23)CCCC4)c(O)n1-c1ccccc1Cl. The Morgan fingerprint density at radius 2 is 1.79 bits per heavy atom. The van der Waals surface area contributed by atoms with E-state index in [1.54, 1.807) is 60.0 Å². The molecule has 168 valence electrons. The number of pyridine rings is 1. The van der Waals surface area contributed by atoms with Gasteiger partial charge in [0.15, 0.2) is 5.82 Å². The maximum atomic E-state index is 13.3. The smallest absolute Gasteiger partial charge is 0.265 e. The van der Waals surface area contributed by atoms with E-state index in [1.807, 2.05) is 6.07 Å². The van der Waals surface area contributed by atoms with E-state index in [0.717, 1.165) is 29.5 Å². The first-order chi connectivity index (χ1) is 16.6. The summed E-state index contributed by atoms with van der Waals surface area (Å²) in [7, 11) is 0. The van der Waals surface area contributed by atoms with Gasteiger partial charge in [-0.25, -0.2) is 19.5 Å². The second-order valence-electron chi connectivity index (χ2n) is 8.22. The standard InChI is InChI=1S/C26H19ClN4O2S/c27-19-10-4-5-11-20(19)31-25(32)16-8-2-1-7-15(16)18(26(31)33)13-28-23-22-17-9-3-6-12-21(17)34-24(22)30-14-29-23/h1-2,4-5,7-8,10-11,13-14,33H,3,6,9,12H2. The number of rotatable bonds is 3.